The lowest BCUT2D eigenvalue weighted by Crippen LogP contribution is -2.20. The van der Waals surface area contributed by atoms with Crippen molar-refractivity contribution < 1.29 is 19.4 Å². The van der Waals surface area contributed by atoms with Crippen molar-refractivity contribution in [3.63, 3.8) is 0 Å². The number of carbonyl (C=O) groups is 2. The maximum absolute atomic E-state index is 12.5. The summed E-state index contributed by atoms with van der Waals surface area (Å²) in [6.07, 6.45) is 0. The Morgan fingerprint density at radius 1 is 1.09 bits per heavy atom. The van der Waals surface area contributed by atoms with Crippen molar-refractivity contribution in [3.8, 4) is 17.1 Å². The van der Waals surface area contributed by atoms with Crippen molar-refractivity contribution in [3.05, 3.63) is 47.5 Å². The van der Waals surface area contributed by atoms with Crippen LogP contribution in [0.3, 0.4) is 0 Å². The van der Waals surface area contributed by atoms with E-state index in [1.165, 1.54) is 19.2 Å². The summed E-state index contributed by atoms with van der Waals surface area (Å²) in [7, 11) is 1.48. The molecule has 1 heterocycles. The number of ether oxygens (including phenoxy) is 1. The van der Waals surface area contributed by atoms with Crippen molar-refractivity contribution in [2.75, 3.05) is 7.11 Å². The molecule has 0 spiro atoms. The first kappa shape index (κ1) is 16.7. The van der Waals surface area contributed by atoms with Crippen molar-refractivity contribution in [2.24, 2.45) is 5.41 Å². The monoisotopic (exact) mass is 313 g/mol. The van der Waals surface area contributed by atoms with Gasteiger partial charge in [0.1, 0.15) is 0 Å². The molecule has 0 fully saturated rings. The molecule has 0 unspecified atom stereocenters. The van der Waals surface area contributed by atoms with Gasteiger partial charge in [-0.25, -0.2) is 9.78 Å². The van der Waals surface area contributed by atoms with Crippen LogP contribution in [0.1, 0.15) is 41.5 Å². The number of benzene rings is 1. The quantitative estimate of drug-likeness (QED) is 0.871. The molecule has 0 saturated heterocycles. The number of aromatic nitrogens is 1. The first-order valence-corrected chi connectivity index (χ1v) is 7.17. The molecule has 2 rings (SSSR count). The van der Waals surface area contributed by atoms with Gasteiger partial charge in [0.05, 0.1) is 18.4 Å². The number of nitrogens with zero attached hydrogens (tertiary/aromatic N) is 1. The fraction of sp³-hybridized carbons (Fsp3) is 0.278. The number of hydrogen-bond donors (Lipinski definition) is 1. The van der Waals surface area contributed by atoms with E-state index >= 15 is 0 Å². The first-order valence-electron chi connectivity index (χ1n) is 7.17. The Morgan fingerprint density at radius 2 is 1.78 bits per heavy atom. The highest BCUT2D eigenvalue weighted by Crippen LogP contribution is 2.27. The minimum Gasteiger partial charge on any atom is -0.481 e. The Labute approximate surface area is 134 Å². The Bertz CT molecular complexity index is 760. The number of rotatable bonds is 4. The molecule has 0 aliphatic heterocycles. The van der Waals surface area contributed by atoms with Crippen LogP contribution in [-0.2, 0) is 0 Å². The van der Waals surface area contributed by atoms with E-state index in [0.717, 1.165) is 0 Å². The number of hydrogen-bond acceptors (Lipinski definition) is 4. The molecule has 0 bridgehead atoms. The van der Waals surface area contributed by atoms with Crippen molar-refractivity contribution in [2.45, 2.75) is 20.8 Å². The molecule has 0 aliphatic rings. The zero-order valence-corrected chi connectivity index (χ0v) is 13.6. The third-order valence-corrected chi connectivity index (χ3v) is 3.36. The van der Waals surface area contributed by atoms with Crippen LogP contribution >= 0.6 is 0 Å². The standard InChI is InChI=1S/C18H19NO4/c1-18(2,3)16(20)13-9-14(19-15(10-13)23-4)11-6-5-7-12(8-11)17(21)22/h5-10H,1-4H3,(H,21,22). The summed E-state index contributed by atoms with van der Waals surface area (Å²) in [6, 6.07) is 9.68. The fourth-order valence-corrected chi connectivity index (χ4v) is 2.13. The van der Waals surface area contributed by atoms with Crippen molar-refractivity contribution in [1.82, 2.24) is 4.98 Å². The Hall–Kier alpha value is -2.69. The second-order valence-corrected chi connectivity index (χ2v) is 6.25. The van der Waals surface area contributed by atoms with Crippen LogP contribution in [0.2, 0.25) is 0 Å². The van der Waals surface area contributed by atoms with Crippen LogP contribution in [0.25, 0.3) is 11.3 Å². The number of aromatic carboxylic acids is 1. The second-order valence-electron chi connectivity index (χ2n) is 6.25. The van der Waals surface area contributed by atoms with Gasteiger partial charge in [0, 0.05) is 22.6 Å². The molecular weight excluding hydrogens is 294 g/mol. The highest BCUT2D eigenvalue weighted by atomic mass is 16.5. The summed E-state index contributed by atoms with van der Waals surface area (Å²) in [4.78, 5) is 28.0. The van der Waals surface area contributed by atoms with Crippen LogP contribution in [-0.4, -0.2) is 29.0 Å². The first-order chi connectivity index (χ1) is 10.7. The lowest BCUT2D eigenvalue weighted by atomic mass is 9.86. The highest BCUT2D eigenvalue weighted by Gasteiger charge is 2.24. The zero-order chi connectivity index (χ0) is 17.2. The maximum Gasteiger partial charge on any atom is 0.335 e. The van der Waals surface area contributed by atoms with Gasteiger partial charge in [-0.15, -0.1) is 0 Å². The molecule has 120 valence electrons. The van der Waals surface area contributed by atoms with Gasteiger partial charge < -0.3 is 9.84 Å². The van der Waals surface area contributed by atoms with Gasteiger partial charge in [0.2, 0.25) is 5.88 Å². The number of methoxy groups -OCH3 is 1. The third kappa shape index (κ3) is 3.74. The van der Waals surface area contributed by atoms with E-state index in [0.29, 0.717) is 22.7 Å². The summed E-state index contributed by atoms with van der Waals surface area (Å²) in [5.74, 6) is -0.731. The van der Waals surface area contributed by atoms with E-state index in [1.54, 1.807) is 24.3 Å². The average molecular weight is 313 g/mol. The third-order valence-electron chi connectivity index (χ3n) is 3.36. The molecule has 0 radical (unpaired) electrons. The van der Waals surface area contributed by atoms with E-state index in [4.69, 9.17) is 9.84 Å². The SMILES string of the molecule is COc1cc(C(=O)C(C)(C)C)cc(-c2cccc(C(=O)O)c2)n1. The molecule has 5 heteroatoms. The fourth-order valence-electron chi connectivity index (χ4n) is 2.13. The topological polar surface area (TPSA) is 76.5 Å². The summed E-state index contributed by atoms with van der Waals surface area (Å²) < 4.78 is 5.18. The molecule has 23 heavy (non-hydrogen) atoms. The van der Waals surface area contributed by atoms with Gasteiger partial charge in [-0.05, 0) is 18.2 Å². The van der Waals surface area contributed by atoms with E-state index in [9.17, 15) is 9.59 Å². The molecular formula is C18H19NO4. The molecule has 0 atom stereocenters. The second kappa shape index (κ2) is 6.20. The minimum absolute atomic E-state index is 0.0335. The zero-order valence-electron chi connectivity index (χ0n) is 13.6. The number of pyridine rings is 1. The van der Waals surface area contributed by atoms with E-state index in [1.807, 2.05) is 20.8 Å². The maximum atomic E-state index is 12.5. The van der Waals surface area contributed by atoms with Gasteiger partial charge in [-0.2, -0.15) is 0 Å². The van der Waals surface area contributed by atoms with Crippen LogP contribution in [0.5, 0.6) is 5.88 Å². The van der Waals surface area contributed by atoms with E-state index in [2.05, 4.69) is 4.98 Å². The predicted octanol–water partition coefficient (Wildman–Crippen LogP) is 3.68. The van der Waals surface area contributed by atoms with Crippen LogP contribution in [0, 0.1) is 5.41 Å². The average Bonchev–Trinajstić information content (AvgIpc) is 2.52. The van der Waals surface area contributed by atoms with Gasteiger partial charge in [0.15, 0.2) is 5.78 Å². The molecule has 0 aliphatic carbocycles. The lowest BCUT2D eigenvalue weighted by Gasteiger charge is -2.17. The van der Waals surface area contributed by atoms with Crippen LogP contribution in [0.15, 0.2) is 36.4 Å². The number of carboxylic acids is 1. The van der Waals surface area contributed by atoms with E-state index < -0.39 is 11.4 Å². The molecule has 1 N–H and O–H groups in total. The summed E-state index contributed by atoms with van der Waals surface area (Å²) in [5, 5.41) is 9.11. The van der Waals surface area contributed by atoms with Gasteiger partial charge >= 0.3 is 5.97 Å². The summed E-state index contributed by atoms with van der Waals surface area (Å²) in [5.41, 5.74) is 1.23. The lowest BCUT2D eigenvalue weighted by molar-refractivity contribution is 0.0696. The van der Waals surface area contributed by atoms with Gasteiger partial charge in [0.25, 0.3) is 0 Å². The largest absolute Gasteiger partial charge is 0.481 e. The molecule has 5 nitrogen and oxygen atoms in total. The molecule has 1 aromatic carbocycles. The Balaban J connectivity index is 2.57. The van der Waals surface area contributed by atoms with Crippen molar-refractivity contribution >= 4 is 11.8 Å². The van der Waals surface area contributed by atoms with Gasteiger partial charge in [-0.3, -0.25) is 4.79 Å². The summed E-state index contributed by atoms with van der Waals surface area (Å²) >= 11 is 0. The molecule has 1 aromatic heterocycles. The smallest absolute Gasteiger partial charge is 0.335 e. The molecule has 0 amide bonds. The number of ketones is 1. The molecule has 0 saturated carbocycles. The summed E-state index contributed by atoms with van der Waals surface area (Å²) in [6.45, 7) is 5.52. The van der Waals surface area contributed by atoms with E-state index in [-0.39, 0.29) is 11.3 Å². The normalized spacial score (nSPS) is 11.1. The predicted molar refractivity (Wildman–Crippen MR) is 87.0 cm³/mol. The number of carbonyl (C=O) groups excluding carboxylic acids is 1. The highest BCUT2D eigenvalue weighted by molar-refractivity contribution is 6.00. The minimum atomic E-state index is -1.01. The van der Waals surface area contributed by atoms with Crippen molar-refractivity contribution in [1.29, 1.82) is 0 Å². The molecule has 2 aromatic rings. The van der Waals surface area contributed by atoms with Gasteiger partial charge in [-0.1, -0.05) is 32.9 Å². The number of carboxylic acid groups (broad SMARTS) is 1. The number of Topliss-reactive ketones (excluding diaryl/α,β-unsaturated/α-hetero) is 1. The Morgan fingerprint density at radius 3 is 2.35 bits per heavy atom. The van der Waals surface area contributed by atoms with Crippen LogP contribution < -0.4 is 4.74 Å². The van der Waals surface area contributed by atoms with Crippen LogP contribution in [0.4, 0.5) is 0 Å². The Kier molecular flexibility index (Phi) is 4.50.